The minimum absolute atomic E-state index is 0.0414. The molecule has 1 saturated heterocycles. The van der Waals surface area contributed by atoms with Gasteiger partial charge in [-0.1, -0.05) is 20.8 Å². The summed E-state index contributed by atoms with van der Waals surface area (Å²) in [5, 5.41) is 3.25. The molecule has 1 aromatic heterocycles. The summed E-state index contributed by atoms with van der Waals surface area (Å²) in [5.41, 5.74) is 1.77. The molecule has 1 aliphatic heterocycles. The predicted octanol–water partition coefficient (Wildman–Crippen LogP) is 8.50. The van der Waals surface area contributed by atoms with Crippen molar-refractivity contribution in [2.45, 2.75) is 122 Å². The molecule has 1 aliphatic carbocycles. The highest BCUT2D eigenvalue weighted by Gasteiger charge is 2.51. The smallest absolute Gasteiger partial charge is 0.455 e. The number of nitrogens with zero attached hydrogens (tertiary/aromatic N) is 1. The Kier molecular flexibility index (Phi) is 10.5. The van der Waals surface area contributed by atoms with Crippen LogP contribution in [0.15, 0.2) is 40.8 Å². The highest BCUT2D eigenvalue weighted by Crippen LogP contribution is 2.48. The Balaban J connectivity index is 1.51. The molecule has 2 aliphatic rings. The maximum Gasteiger partial charge on any atom is 0.457 e. The molecule has 1 amide bonds. The summed E-state index contributed by atoms with van der Waals surface area (Å²) in [5.74, 6) is -0.289. The van der Waals surface area contributed by atoms with E-state index in [0.717, 1.165) is 18.4 Å². The summed E-state index contributed by atoms with van der Waals surface area (Å²) >= 11 is 0. The number of sulfonamides is 1. The Bertz CT molecular complexity index is 1820. The largest absolute Gasteiger partial charge is 0.457 e. The van der Waals surface area contributed by atoms with Gasteiger partial charge in [0.25, 0.3) is 5.91 Å². The van der Waals surface area contributed by atoms with Crippen LogP contribution in [0.25, 0.3) is 22.3 Å². The fourth-order valence-electron chi connectivity index (χ4n) is 6.23. The van der Waals surface area contributed by atoms with Crippen molar-refractivity contribution in [3.8, 4) is 11.3 Å². The number of benzene rings is 2. The summed E-state index contributed by atoms with van der Waals surface area (Å²) in [4.78, 5) is 13.2. The summed E-state index contributed by atoms with van der Waals surface area (Å²) in [6.45, 7) is 19.3. The van der Waals surface area contributed by atoms with Gasteiger partial charge in [0, 0.05) is 36.7 Å². The summed E-state index contributed by atoms with van der Waals surface area (Å²) in [6.07, 6.45) is 4.54. The number of halogens is 1. The van der Waals surface area contributed by atoms with Crippen LogP contribution < -0.4 is 9.62 Å². The molecule has 3 aromatic rings. The van der Waals surface area contributed by atoms with E-state index in [9.17, 15) is 17.6 Å². The zero-order valence-electron chi connectivity index (χ0n) is 31.5. The van der Waals surface area contributed by atoms with E-state index in [1.54, 1.807) is 25.2 Å². The second-order valence-corrected chi connectivity index (χ2v) is 23.1. The molecular formula is C37H54BFN2O7SSi. The Labute approximate surface area is 298 Å². The van der Waals surface area contributed by atoms with E-state index in [4.69, 9.17) is 18.2 Å². The first-order chi connectivity index (χ1) is 23.0. The van der Waals surface area contributed by atoms with Crippen molar-refractivity contribution in [2.75, 3.05) is 24.2 Å². The van der Waals surface area contributed by atoms with Crippen LogP contribution in [0, 0.1) is 5.82 Å². The highest BCUT2D eigenvalue weighted by molar-refractivity contribution is 7.92. The number of nitrogens with one attached hydrogen (secondary N) is 1. The minimum Gasteiger partial charge on any atom is -0.455 e. The zero-order valence-corrected chi connectivity index (χ0v) is 33.3. The summed E-state index contributed by atoms with van der Waals surface area (Å²) in [7, 11) is -4.82. The van der Waals surface area contributed by atoms with Gasteiger partial charge in [0.2, 0.25) is 10.0 Å². The van der Waals surface area contributed by atoms with E-state index in [0.29, 0.717) is 52.7 Å². The minimum atomic E-state index is -3.75. The molecule has 2 fully saturated rings. The molecule has 50 heavy (non-hydrogen) atoms. The first-order valence-corrected chi connectivity index (χ1v) is 22.4. The average molecular weight is 729 g/mol. The third-order valence-electron chi connectivity index (χ3n) is 11.0. The van der Waals surface area contributed by atoms with Crippen LogP contribution in [0.5, 0.6) is 0 Å². The molecule has 5 rings (SSSR count). The lowest BCUT2D eigenvalue weighted by atomic mass is 9.81. The molecule has 1 N–H and O–H groups in total. The first-order valence-electron chi connectivity index (χ1n) is 17.6. The van der Waals surface area contributed by atoms with Crippen molar-refractivity contribution >= 4 is 48.0 Å². The van der Waals surface area contributed by atoms with Gasteiger partial charge in [0.1, 0.15) is 17.2 Å². The second-order valence-electron chi connectivity index (χ2n) is 16.5. The molecule has 0 radical (unpaired) electrons. The number of rotatable bonds is 13. The van der Waals surface area contributed by atoms with Gasteiger partial charge < -0.3 is 23.5 Å². The molecule has 1 atom stereocenters. The zero-order chi connectivity index (χ0) is 37.0. The van der Waals surface area contributed by atoms with E-state index in [1.807, 2.05) is 33.8 Å². The quantitative estimate of drug-likeness (QED) is 0.176. The van der Waals surface area contributed by atoms with Crippen LogP contribution in [0.2, 0.25) is 24.5 Å². The summed E-state index contributed by atoms with van der Waals surface area (Å²) in [6, 6.07) is 9.42. The molecule has 0 spiro atoms. The van der Waals surface area contributed by atoms with Gasteiger partial charge >= 0.3 is 7.12 Å². The molecular weight excluding hydrogens is 674 g/mol. The van der Waals surface area contributed by atoms with Crippen molar-refractivity contribution in [1.29, 1.82) is 0 Å². The van der Waals surface area contributed by atoms with Crippen LogP contribution in [0.3, 0.4) is 0 Å². The van der Waals surface area contributed by atoms with Gasteiger partial charge in [-0.3, -0.25) is 9.10 Å². The van der Waals surface area contributed by atoms with E-state index in [1.165, 1.54) is 22.7 Å². The number of furan rings is 1. The van der Waals surface area contributed by atoms with Gasteiger partial charge in [-0.05, 0) is 120 Å². The van der Waals surface area contributed by atoms with Crippen LogP contribution in [0.4, 0.5) is 10.1 Å². The maximum absolute atomic E-state index is 13.8. The number of amides is 1. The second kappa shape index (κ2) is 13.7. The Morgan fingerprint density at radius 1 is 1.08 bits per heavy atom. The SMILES string of the molecule is CNC(=O)c1c(-c2ccc(F)cc2)oc2cc(N(CCC(CCB3OC(C)(C)C(C)(C)O3)O[Si](C)(C)C(C)(C)C)S(C)(=O)=O)c(C3CC3)cc12. The van der Waals surface area contributed by atoms with Crippen molar-refractivity contribution in [2.24, 2.45) is 0 Å². The topological polar surface area (TPSA) is 107 Å². The van der Waals surface area contributed by atoms with Crippen LogP contribution in [0.1, 0.15) is 96.0 Å². The maximum atomic E-state index is 13.8. The Morgan fingerprint density at radius 2 is 1.68 bits per heavy atom. The van der Waals surface area contributed by atoms with Crippen molar-refractivity contribution in [3.63, 3.8) is 0 Å². The fraction of sp³-hybridized carbons (Fsp3) is 0.595. The van der Waals surface area contributed by atoms with E-state index in [2.05, 4.69) is 39.2 Å². The molecule has 1 unspecified atom stereocenters. The van der Waals surface area contributed by atoms with Gasteiger partial charge in [-0.25, -0.2) is 12.8 Å². The molecule has 13 heteroatoms. The molecule has 2 aromatic carbocycles. The number of anilines is 1. The number of hydrogen-bond acceptors (Lipinski definition) is 7. The van der Waals surface area contributed by atoms with Gasteiger partial charge in [-0.2, -0.15) is 0 Å². The number of fused-ring (bicyclic) bond motifs is 1. The van der Waals surface area contributed by atoms with Crippen LogP contribution in [-0.2, 0) is 23.8 Å². The number of carbonyl (C=O) groups excluding carboxylic acids is 1. The third kappa shape index (κ3) is 8.01. The van der Waals surface area contributed by atoms with Crippen LogP contribution in [-0.4, -0.2) is 66.9 Å². The van der Waals surface area contributed by atoms with Gasteiger partial charge in [-0.15, -0.1) is 0 Å². The molecule has 2 heterocycles. The number of hydrogen-bond donors (Lipinski definition) is 1. The normalized spacial score (nSPS) is 18.4. The van der Waals surface area contributed by atoms with E-state index >= 15 is 0 Å². The highest BCUT2D eigenvalue weighted by atomic mass is 32.2. The predicted molar refractivity (Wildman–Crippen MR) is 201 cm³/mol. The first kappa shape index (κ1) is 38.5. The average Bonchev–Trinajstić information content (AvgIpc) is 3.73. The standard InChI is InChI=1S/C37H54BFN2O7SSi/c1-35(2,3)50(10,11)46-27(18-20-38-47-36(4,5)37(6,7)48-38)19-21-41(49(9,43)44)30-23-31-29(22-28(30)24-12-13-24)32(34(42)40-8)33(45-31)25-14-16-26(39)17-15-25/h14-17,22-24,27H,12-13,18-21H2,1-11H3,(H,40,42). The lowest BCUT2D eigenvalue weighted by Gasteiger charge is -2.40. The lowest BCUT2D eigenvalue weighted by Crippen LogP contribution is -2.45. The van der Waals surface area contributed by atoms with Crippen molar-refractivity contribution in [3.05, 3.63) is 53.3 Å². The molecule has 0 bridgehead atoms. The molecule has 9 nitrogen and oxygen atoms in total. The molecule has 274 valence electrons. The fourth-order valence-corrected chi connectivity index (χ4v) is 8.60. The van der Waals surface area contributed by atoms with Gasteiger partial charge in [0.05, 0.1) is 28.7 Å². The lowest BCUT2D eigenvalue weighted by molar-refractivity contribution is 0.00578. The van der Waals surface area contributed by atoms with Crippen LogP contribution >= 0.6 is 0 Å². The monoisotopic (exact) mass is 728 g/mol. The van der Waals surface area contributed by atoms with E-state index in [-0.39, 0.29) is 36.6 Å². The van der Waals surface area contributed by atoms with Crippen molar-refractivity contribution < 1.29 is 35.8 Å². The van der Waals surface area contributed by atoms with Gasteiger partial charge in [0.15, 0.2) is 8.32 Å². The number of carbonyl (C=O) groups is 1. The Hall–Kier alpha value is -2.71. The Morgan fingerprint density at radius 3 is 2.20 bits per heavy atom. The third-order valence-corrected chi connectivity index (χ3v) is 16.7. The van der Waals surface area contributed by atoms with E-state index < -0.39 is 35.4 Å². The summed E-state index contributed by atoms with van der Waals surface area (Å²) < 4.78 is 68.4. The van der Waals surface area contributed by atoms with Crippen molar-refractivity contribution in [1.82, 2.24) is 5.32 Å². The molecule has 1 saturated carbocycles.